The molecule has 78 valence electrons. The molecular weight excluding hydrogens is 191 g/mol. The summed E-state index contributed by atoms with van der Waals surface area (Å²) < 4.78 is 25.9. The van der Waals surface area contributed by atoms with E-state index in [9.17, 15) is 4.57 Å². The van der Waals surface area contributed by atoms with E-state index in [4.69, 9.17) is 14.0 Å². The monoisotopic (exact) mass is 208 g/mol. The van der Waals surface area contributed by atoms with Crippen LogP contribution in [0.25, 0.3) is 0 Å². The average Bonchev–Trinajstić information content (AvgIpc) is 2.05. The van der Waals surface area contributed by atoms with Crippen LogP contribution in [0.15, 0.2) is 0 Å². The van der Waals surface area contributed by atoms with Crippen molar-refractivity contribution in [3.8, 4) is 0 Å². The fraction of sp³-hybridized carbons (Fsp3) is 1.00. The van der Waals surface area contributed by atoms with E-state index in [0.29, 0.717) is 13.2 Å². The maximum absolute atomic E-state index is 10.2. The van der Waals surface area contributed by atoms with Gasteiger partial charge in [0.1, 0.15) is 6.10 Å². The van der Waals surface area contributed by atoms with Crippen LogP contribution in [0.1, 0.15) is 27.7 Å². The smallest absolute Gasteiger partial charge is 0.327 e. The number of hydrogen-bond acceptors (Lipinski definition) is 4. The van der Waals surface area contributed by atoms with E-state index in [-0.39, 0.29) is 14.8 Å². The Morgan fingerprint density at radius 1 is 1.31 bits per heavy atom. The summed E-state index contributed by atoms with van der Waals surface area (Å²) in [6, 6.07) is 0. The van der Waals surface area contributed by atoms with Crippen molar-refractivity contribution in [2.75, 3.05) is 13.2 Å². The standard InChI is InChI=1S/C8H17O4P/c1-5-10-8(4,11-6-2)7(3)12-13-9/h7H,5-6H2,1-4H3. The first-order chi connectivity index (χ1) is 6.10. The van der Waals surface area contributed by atoms with E-state index in [1.807, 2.05) is 13.8 Å². The van der Waals surface area contributed by atoms with Crippen molar-refractivity contribution in [1.29, 1.82) is 0 Å². The quantitative estimate of drug-likeness (QED) is 0.476. The lowest BCUT2D eigenvalue weighted by Crippen LogP contribution is -2.43. The summed E-state index contributed by atoms with van der Waals surface area (Å²) in [5, 5.41) is 0. The topological polar surface area (TPSA) is 44.8 Å². The van der Waals surface area contributed by atoms with E-state index in [1.165, 1.54) is 0 Å². The molecule has 13 heavy (non-hydrogen) atoms. The predicted molar refractivity (Wildman–Crippen MR) is 49.8 cm³/mol. The van der Waals surface area contributed by atoms with E-state index in [2.05, 4.69) is 0 Å². The SMILES string of the molecule is CCOC(C)(OCC)C(C)OP=O. The highest BCUT2D eigenvalue weighted by molar-refractivity contribution is 7.17. The van der Waals surface area contributed by atoms with E-state index in [1.54, 1.807) is 13.8 Å². The van der Waals surface area contributed by atoms with E-state index < -0.39 is 5.79 Å². The molecule has 0 N–H and O–H groups in total. The molecule has 1 unspecified atom stereocenters. The van der Waals surface area contributed by atoms with E-state index in [0.717, 1.165) is 0 Å². The van der Waals surface area contributed by atoms with E-state index >= 15 is 0 Å². The van der Waals surface area contributed by atoms with Gasteiger partial charge in [0.25, 0.3) is 0 Å². The van der Waals surface area contributed by atoms with Crippen LogP contribution < -0.4 is 0 Å². The van der Waals surface area contributed by atoms with Crippen molar-refractivity contribution in [2.24, 2.45) is 0 Å². The van der Waals surface area contributed by atoms with Crippen molar-refractivity contribution in [1.82, 2.24) is 0 Å². The highest BCUT2D eigenvalue weighted by Gasteiger charge is 2.33. The molecule has 0 fully saturated rings. The molecule has 0 aromatic heterocycles. The third-order valence-corrected chi connectivity index (χ3v) is 2.20. The molecule has 0 spiro atoms. The molecule has 0 aliphatic carbocycles. The van der Waals surface area contributed by atoms with Gasteiger partial charge in [0.2, 0.25) is 0 Å². The van der Waals surface area contributed by atoms with Gasteiger partial charge in [0, 0.05) is 13.2 Å². The fourth-order valence-corrected chi connectivity index (χ4v) is 1.33. The Morgan fingerprint density at radius 2 is 1.77 bits per heavy atom. The first kappa shape index (κ1) is 13.0. The van der Waals surface area contributed by atoms with Crippen molar-refractivity contribution >= 4 is 8.69 Å². The lowest BCUT2D eigenvalue weighted by atomic mass is 10.2. The fourth-order valence-electron chi connectivity index (χ4n) is 1.01. The summed E-state index contributed by atoms with van der Waals surface area (Å²) in [6.07, 6.45) is -0.369. The molecule has 0 aliphatic heterocycles. The third-order valence-electron chi connectivity index (χ3n) is 1.80. The Labute approximate surface area is 80.8 Å². The summed E-state index contributed by atoms with van der Waals surface area (Å²) in [5.74, 6) is -0.819. The highest BCUT2D eigenvalue weighted by Crippen LogP contribution is 2.22. The first-order valence-corrected chi connectivity index (χ1v) is 5.10. The van der Waals surface area contributed by atoms with Crippen LogP contribution in [0.4, 0.5) is 0 Å². The predicted octanol–water partition coefficient (Wildman–Crippen LogP) is 2.39. The molecule has 0 saturated heterocycles. The van der Waals surface area contributed by atoms with Crippen molar-refractivity contribution < 1.29 is 18.6 Å². The van der Waals surface area contributed by atoms with Gasteiger partial charge < -0.3 is 9.47 Å². The Morgan fingerprint density at radius 3 is 2.08 bits per heavy atom. The molecule has 0 rings (SSSR count). The average molecular weight is 208 g/mol. The van der Waals surface area contributed by atoms with Gasteiger partial charge in [-0.3, -0.25) is 4.52 Å². The van der Waals surface area contributed by atoms with Crippen molar-refractivity contribution in [3.63, 3.8) is 0 Å². The molecule has 0 radical (unpaired) electrons. The van der Waals surface area contributed by atoms with Crippen LogP contribution >= 0.6 is 8.69 Å². The molecule has 0 aliphatic rings. The minimum absolute atomic E-state index is 0.356. The second kappa shape index (κ2) is 6.44. The zero-order valence-electron chi connectivity index (χ0n) is 8.57. The highest BCUT2D eigenvalue weighted by atomic mass is 31.1. The molecule has 0 saturated carbocycles. The number of hydrogen-bond donors (Lipinski definition) is 0. The minimum Gasteiger partial charge on any atom is -0.348 e. The number of rotatable bonds is 7. The van der Waals surface area contributed by atoms with Gasteiger partial charge in [-0.1, -0.05) is 0 Å². The molecule has 5 heteroatoms. The summed E-state index contributed by atoms with van der Waals surface area (Å²) in [5.41, 5.74) is 0. The molecule has 1 atom stereocenters. The Hall–Kier alpha value is -0.0200. The van der Waals surface area contributed by atoms with Crippen LogP contribution in [0.5, 0.6) is 0 Å². The summed E-state index contributed by atoms with van der Waals surface area (Å²) >= 11 is 0. The summed E-state index contributed by atoms with van der Waals surface area (Å²) in [4.78, 5) is 0. The second-order valence-corrected chi connectivity index (χ2v) is 3.06. The van der Waals surface area contributed by atoms with Crippen molar-refractivity contribution in [3.05, 3.63) is 0 Å². The summed E-state index contributed by atoms with van der Waals surface area (Å²) in [6.45, 7) is 8.34. The molecule has 0 amide bonds. The second-order valence-electron chi connectivity index (χ2n) is 2.70. The maximum atomic E-state index is 10.2. The van der Waals surface area contributed by atoms with Gasteiger partial charge in [0.15, 0.2) is 5.79 Å². The Kier molecular flexibility index (Phi) is 6.43. The van der Waals surface area contributed by atoms with Crippen LogP contribution in [0, 0.1) is 0 Å². The van der Waals surface area contributed by atoms with Gasteiger partial charge in [-0.2, -0.15) is 0 Å². The van der Waals surface area contributed by atoms with Crippen molar-refractivity contribution in [2.45, 2.75) is 39.6 Å². The maximum Gasteiger partial charge on any atom is 0.327 e. The van der Waals surface area contributed by atoms with Gasteiger partial charge in [-0.15, -0.1) is 0 Å². The molecule has 0 aromatic rings. The third kappa shape index (κ3) is 4.14. The van der Waals surface area contributed by atoms with Gasteiger partial charge in [-0.25, -0.2) is 4.57 Å². The molecule has 0 heterocycles. The normalized spacial score (nSPS) is 14.8. The molecule has 0 bridgehead atoms. The lowest BCUT2D eigenvalue weighted by Gasteiger charge is -2.32. The van der Waals surface area contributed by atoms with Gasteiger partial charge >= 0.3 is 8.69 Å². The van der Waals surface area contributed by atoms with Crippen LogP contribution in [-0.2, 0) is 18.6 Å². The molecule has 0 aromatic carbocycles. The van der Waals surface area contributed by atoms with Gasteiger partial charge in [0.05, 0.1) is 0 Å². The zero-order valence-corrected chi connectivity index (χ0v) is 9.47. The number of ether oxygens (including phenoxy) is 2. The van der Waals surface area contributed by atoms with Gasteiger partial charge in [-0.05, 0) is 27.7 Å². The molecular formula is C8H17O4P. The van der Waals surface area contributed by atoms with Crippen LogP contribution in [-0.4, -0.2) is 25.1 Å². The Bertz CT molecular complexity index is 145. The minimum atomic E-state index is -0.819. The summed E-state index contributed by atoms with van der Waals surface area (Å²) in [7, 11) is -0.356. The zero-order chi connectivity index (χ0) is 10.3. The first-order valence-electron chi connectivity index (χ1n) is 4.37. The lowest BCUT2D eigenvalue weighted by molar-refractivity contribution is -0.258. The van der Waals surface area contributed by atoms with Crippen LogP contribution in [0.3, 0.4) is 0 Å². The van der Waals surface area contributed by atoms with Crippen LogP contribution in [0.2, 0.25) is 0 Å². The molecule has 4 nitrogen and oxygen atoms in total. The Balaban J connectivity index is 4.26. The largest absolute Gasteiger partial charge is 0.348 e.